The number of piperidine rings is 1. The second-order valence-corrected chi connectivity index (χ2v) is 9.25. The van der Waals surface area contributed by atoms with Crippen LogP contribution in [0.1, 0.15) is 71.8 Å². The maximum Gasteiger partial charge on any atom is 0.247 e. The van der Waals surface area contributed by atoms with E-state index < -0.39 is 6.04 Å². The number of amides is 2. The van der Waals surface area contributed by atoms with Crippen LogP contribution in [0.15, 0.2) is 18.7 Å². The second-order valence-electron chi connectivity index (χ2n) is 9.25. The summed E-state index contributed by atoms with van der Waals surface area (Å²) in [6.45, 7) is 7.66. The minimum Gasteiger partial charge on any atom is -0.376 e. The lowest BCUT2D eigenvalue weighted by molar-refractivity contribution is -0.143. The van der Waals surface area contributed by atoms with Crippen molar-refractivity contribution in [3.05, 3.63) is 18.7 Å². The molecule has 7 nitrogen and oxygen atoms in total. The Hall–Kier alpha value is -1.89. The van der Waals surface area contributed by atoms with E-state index in [1.54, 1.807) is 6.20 Å². The lowest BCUT2D eigenvalue weighted by atomic mass is 9.90. The van der Waals surface area contributed by atoms with Gasteiger partial charge in [0.2, 0.25) is 11.8 Å². The van der Waals surface area contributed by atoms with Crippen LogP contribution in [-0.4, -0.2) is 58.1 Å². The molecule has 1 aliphatic heterocycles. The highest BCUT2D eigenvalue weighted by atomic mass is 16.5. The molecule has 7 heteroatoms. The molecule has 1 aromatic rings. The van der Waals surface area contributed by atoms with E-state index in [1.807, 2.05) is 38.2 Å². The summed E-state index contributed by atoms with van der Waals surface area (Å²) in [6, 6.07) is -0.256. The molecule has 0 bridgehead atoms. The maximum absolute atomic E-state index is 13.4. The molecule has 0 radical (unpaired) electrons. The topological polar surface area (TPSA) is 76.5 Å². The van der Waals surface area contributed by atoms with Crippen LogP contribution in [0.4, 0.5) is 0 Å². The first-order valence-corrected chi connectivity index (χ1v) is 11.6. The van der Waals surface area contributed by atoms with Crippen molar-refractivity contribution in [2.75, 3.05) is 19.7 Å². The van der Waals surface area contributed by atoms with Crippen LogP contribution in [0, 0.1) is 11.8 Å². The normalized spacial score (nSPS) is 20.9. The summed E-state index contributed by atoms with van der Waals surface area (Å²) >= 11 is 0. The van der Waals surface area contributed by atoms with E-state index in [2.05, 4.69) is 14.9 Å². The van der Waals surface area contributed by atoms with Gasteiger partial charge in [0, 0.05) is 44.0 Å². The zero-order valence-electron chi connectivity index (χ0n) is 18.8. The highest BCUT2D eigenvalue weighted by Gasteiger charge is 2.34. The quantitative estimate of drug-likeness (QED) is 0.703. The highest BCUT2D eigenvalue weighted by molar-refractivity contribution is 5.88. The van der Waals surface area contributed by atoms with Crippen LogP contribution >= 0.6 is 0 Å². The van der Waals surface area contributed by atoms with Crippen molar-refractivity contribution in [2.24, 2.45) is 11.8 Å². The molecule has 0 spiro atoms. The Kier molecular flexibility index (Phi) is 8.31. The van der Waals surface area contributed by atoms with Gasteiger partial charge >= 0.3 is 0 Å². The van der Waals surface area contributed by atoms with E-state index in [1.165, 1.54) is 32.1 Å². The molecule has 2 atom stereocenters. The van der Waals surface area contributed by atoms with Crippen molar-refractivity contribution in [3.8, 4) is 0 Å². The average molecular weight is 419 g/mol. The summed E-state index contributed by atoms with van der Waals surface area (Å²) < 4.78 is 8.26. The number of carbonyl (C=O) groups is 2. The van der Waals surface area contributed by atoms with Gasteiger partial charge in [-0.25, -0.2) is 4.98 Å². The van der Waals surface area contributed by atoms with Gasteiger partial charge in [0.25, 0.3) is 0 Å². The Balaban J connectivity index is 1.58. The van der Waals surface area contributed by atoms with Gasteiger partial charge in [0.15, 0.2) is 0 Å². The third-order valence-electron chi connectivity index (χ3n) is 6.60. The van der Waals surface area contributed by atoms with Crippen LogP contribution in [0.25, 0.3) is 0 Å². The van der Waals surface area contributed by atoms with E-state index in [0.29, 0.717) is 31.7 Å². The molecule has 1 aliphatic carbocycles. The number of nitrogens with zero attached hydrogens (tertiary/aromatic N) is 3. The van der Waals surface area contributed by atoms with Crippen molar-refractivity contribution in [2.45, 2.75) is 83.9 Å². The average Bonchev–Trinajstić information content (AvgIpc) is 3.31. The molecule has 2 aliphatic rings. The lowest BCUT2D eigenvalue weighted by Gasteiger charge is -2.36. The predicted octanol–water partition coefficient (Wildman–Crippen LogP) is 3.17. The van der Waals surface area contributed by atoms with Crippen LogP contribution in [-0.2, 0) is 14.3 Å². The zero-order chi connectivity index (χ0) is 21.5. The van der Waals surface area contributed by atoms with Crippen molar-refractivity contribution in [1.82, 2.24) is 19.8 Å². The Labute approximate surface area is 180 Å². The third kappa shape index (κ3) is 6.06. The van der Waals surface area contributed by atoms with Gasteiger partial charge in [-0.2, -0.15) is 0 Å². The number of hydrogen-bond acceptors (Lipinski definition) is 4. The van der Waals surface area contributed by atoms with Gasteiger partial charge < -0.3 is 19.5 Å². The van der Waals surface area contributed by atoms with Crippen molar-refractivity contribution in [3.63, 3.8) is 0 Å². The van der Waals surface area contributed by atoms with Gasteiger partial charge in [0.05, 0.1) is 12.4 Å². The lowest BCUT2D eigenvalue weighted by Crippen LogP contribution is -2.56. The molecule has 30 heavy (non-hydrogen) atoms. The minimum atomic E-state index is -0.631. The minimum absolute atomic E-state index is 0.0239. The van der Waals surface area contributed by atoms with Gasteiger partial charge in [-0.1, -0.05) is 33.1 Å². The molecule has 3 rings (SSSR count). The van der Waals surface area contributed by atoms with Crippen molar-refractivity contribution >= 4 is 11.8 Å². The van der Waals surface area contributed by atoms with Gasteiger partial charge in [0.1, 0.15) is 6.04 Å². The Bertz CT molecular complexity index is 662. The first kappa shape index (κ1) is 22.8. The standard InChI is InChI=1S/C23H38N4O3/c1-17(2)22(28)25-21(18(3)30-15-19-7-5-4-6-8-19)23(29)26-12-9-20(10-13-26)27-14-11-24-16-27/h11,14,16-21H,4-10,12-13,15H2,1-3H3,(H,25,28). The molecule has 2 fully saturated rings. The van der Waals surface area contributed by atoms with Crippen LogP contribution in [0.3, 0.4) is 0 Å². The Morgan fingerprint density at radius 1 is 1.10 bits per heavy atom. The van der Waals surface area contributed by atoms with E-state index in [0.717, 1.165) is 12.8 Å². The molecule has 0 aromatic carbocycles. The number of aromatic nitrogens is 2. The Morgan fingerprint density at radius 3 is 2.40 bits per heavy atom. The fraction of sp³-hybridized carbons (Fsp3) is 0.783. The number of rotatable bonds is 8. The molecule has 1 N–H and O–H groups in total. The van der Waals surface area contributed by atoms with E-state index in [-0.39, 0.29) is 23.8 Å². The van der Waals surface area contributed by atoms with Gasteiger partial charge in [-0.05, 0) is 38.5 Å². The van der Waals surface area contributed by atoms with Gasteiger partial charge in [-0.15, -0.1) is 0 Å². The smallest absolute Gasteiger partial charge is 0.247 e. The first-order chi connectivity index (χ1) is 14.5. The molecular weight excluding hydrogens is 380 g/mol. The number of likely N-dealkylation sites (tertiary alicyclic amines) is 1. The van der Waals surface area contributed by atoms with Crippen LogP contribution in [0.5, 0.6) is 0 Å². The summed E-state index contributed by atoms with van der Waals surface area (Å²) in [4.78, 5) is 31.8. The SMILES string of the molecule is CC(C)C(=O)NC(C(=O)N1CCC(n2ccnc2)CC1)C(C)OCC1CCCCC1. The van der Waals surface area contributed by atoms with E-state index in [4.69, 9.17) is 4.74 Å². The summed E-state index contributed by atoms with van der Waals surface area (Å²) in [5, 5.41) is 2.97. The predicted molar refractivity (Wildman–Crippen MR) is 116 cm³/mol. The zero-order valence-corrected chi connectivity index (χ0v) is 18.8. The fourth-order valence-corrected chi connectivity index (χ4v) is 4.50. The first-order valence-electron chi connectivity index (χ1n) is 11.6. The molecule has 1 aromatic heterocycles. The number of hydrogen-bond donors (Lipinski definition) is 1. The summed E-state index contributed by atoms with van der Waals surface area (Å²) in [6.07, 6.45) is 13.3. The summed E-state index contributed by atoms with van der Waals surface area (Å²) in [5.74, 6) is 0.278. The monoisotopic (exact) mass is 418 g/mol. The third-order valence-corrected chi connectivity index (χ3v) is 6.60. The molecule has 2 unspecified atom stereocenters. The molecule has 1 saturated heterocycles. The summed E-state index contributed by atoms with van der Waals surface area (Å²) in [7, 11) is 0. The second kappa shape index (κ2) is 10.9. The number of nitrogens with one attached hydrogen (secondary N) is 1. The van der Waals surface area contributed by atoms with Crippen molar-refractivity contribution in [1.29, 1.82) is 0 Å². The van der Waals surface area contributed by atoms with E-state index >= 15 is 0 Å². The Morgan fingerprint density at radius 2 is 1.80 bits per heavy atom. The molecule has 2 amide bonds. The number of imidazole rings is 1. The molecule has 1 saturated carbocycles. The van der Waals surface area contributed by atoms with Gasteiger partial charge in [-0.3, -0.25) is 9.59 Å². The maximum atomic E-state index is 13.4. The molecule has 2 heterocycles. The molecule has 168 valence electrons. The number of carbonyl (C=O) groups excluding carboxylic acids is 2. The largest absolute Gasteiger partial charge is 0.376 e. The van der Waals surface area contributed by atoms with E-state index in [9.17, 15) is 9.59 Å². The number of ether oxygens (including phenoxy) is 1. The summed E-state index contributed by atoms with van der Waals surface area (Å²) in [5.41, 5.74) is 0. The highest BCUT2D eigenvalue weighted by Crippen LogP contribution is 2.25. The fourth-order valence-electron chi connectivity index (χ4n) is 4.50. The van der Waals surface area contributed by atoms with Crippen LogP contribution < -0.4 is 5.32 Å². The van der Waals surface area contributed by atoms with Crippen LogP contribution in [0.2, 0.25) is 0 Å². The molecular formula is C23H38N4O3. The van der Waals surface area contributed by atoms with Crippen molar-refractivity contribution < 1.29 is 14.3 Å².